The van der Waals surface area contributed by atoms with E-state index in [-0.39, 0.29) is 0 Å². The van der Waals surface area contributed by atoms with E-state index in [1.165, 1.54) is 41.0 Å². The summed E-state index contributed by atoms with van der Waals surface area (Å²) in [6.07, 6.45) is 0. The summed E-state index contributed by atoms with van der Waals surface area (Å²) in [5.41, 5.74) is 11.8. The highest BCUT2D eigenvalue weighted by atomic mass is 32.1. The number of aromatic nitrogens is 2. The predicted molar refractivity (Wildman–Crippen MR) is 321 cm³/mol. The SMILES string of the molecule is [C-]#[N+]c1c(-c2ccccc2)c(-n2c3c(ccc4c5ccccc5sc43)c3ccc4c5ccccc5sc4c32)c(-c2ccccc2)c(C#N)c1-n1c2ccc(-c3ccccc3)cc2c2ccc3c4ccccc4sc3c21. The molecule has 0 N–H and O–H groups in total. The Balaban J connectivity index is 1.17. The van der Waals surface area contributed by atoms with E-state index in [1.807, 2.05) is 34.8 Å². The molecule has 11 aromatic carbocycles. The minimum atomic E-state index is 0.415. The summed E-state index contributed by atoms with van der Waals surface area (Å²) in [4.78, 5) is 4.75. The van der Waals surface area contributed by atoms with Crippen LogP contribution in [0.1, 0.15) is 5.56 Å². The van der Waals surface area contributed by atoms with Crippen LogP contribution >= 0.6 is 34.0 Å². The third-order valence-electron chi connectivity index (χ3n) is 15.4. The van der Waals surface area contributed by atoms with E-state index in [9.17, 15) is 11.8 Å². The zero-order valence-electron chi connectivity index (χ0n) is 39.8. The van der Waals surface area contributed by atoms with Crippen LogP contribution in [0.15, 0.2) is 218 Å². The molecule has 0 radical (unpaired) electrons. The molecule has 0 aliphatic rings. The van der Waals surface area contributed by atoms with E-state index < -0.39 is 0 Å². The summed E-state index contributed by atoms with van der Waals surface area (Å²) in [5.74, 6) is 0. The molecule has 5 heterocycles. The lowest BCUT2D eigenvalue weighted by Crippen LogP contribution is -2.08. The highest BCUT2D eigenvalue weighted by molar-refractivity contribution is 7.27. The number of fused-ring (bicyclic) bond motifs is 18. The number of hydrogen-bond donors (Lipinski definition) is 0. The number of rotatable bonds is 5. The van der Waals surface area contributed by atoms with Crippen LogP contribution in [-0.4, -0.2) is 9.13 Å². The topological polar surface area (TPSA) is 38.0 Å². The normalized spacial score (nSPS) is 12.0. The molecule has 75 heavy (non-hydrogen) atoms. The molecule has 0 saturated carbocycles. The van der Waals surface area contributed by atoms with Crippen LogP contribution in [-0.2, 0) is 0 Å². The molecule has 4 nitrogen and oxygen atoms in total. The van der Waals surface area contributed by atoms with E-state index in [0.717, 1.165) is 102 Å². The Kier molecular flexibility index (Phi) is 9.05. The van der Waals surface area contributed by atoms with Crippen LogP contribution in [0, 0.1) is 17.9 Å². The number of benzene rings is 11. The van der Waals surface area contributed by atoms with Gasteiger partial charge in [-0.2, -0.15) is 5.26 Å². The van der Waals surface area contributed by atoms with Crippen molar-refractivity contribution in [3.63, 3.8) is 0 Å². The maximum Gasteiger partial charge on any atom is 0.221 e. The molecule has 0 fully saturated rings. The third kappa shape index (κ3) is 5.89. The Morgan fingerprint density at radius 2 is 0.773 bits per heavy atom. The van der Waals surface area contributed by atoms with Crippen LogP contribution in [0.5, 0.6) is 0 Å². The Morgan fingerprint density at radius 1 is 0.360 bits per heavy atom. The Morgan fingerprint density at radius 3 is 1.25 bits per heavy atom. The Labute approximate surface area is 441 Å². The zero-order valence-corrected chi connectivity index (χ0v) is 42.2. The lowest BCUT2D eigenvalue weighted by molar-refractivity contribution is 1.15. The van der Waals surface area contributed by atoms with Crippen LogP contribution in [0.25, 0.3) is 154 Å². The van der Waals surface area contributed by atoms with E-state index in [2.05, 4.69) is 221 Å². The van der Waals surface area contributed by atoms with Gasteiger partial charge in [-0.25, -0.2) is 4.85 Å². The van der Waals surface area contributed by atoms with Crippen molar-refractivity contribution in [3.8, 4) is 50.8 Å². The van der Waals surface area contributed by atoms with Crippen molar-refractivity contribution in [2.75, 3.05) is 0 Å². The molecule has 16 aromatic rings. The van der Waals surface area contributed by atoms with Crippen LogP contribution < -0.4 is 0 Å². The first-order chi connectivity index (χ1) is 37.2. The van der Waals surface area contributed by atoms with Gasteiger partial charge in [0.15, 0.2) is 0 Å². The van der Waals surface area contributed by atoms with Gasteiger partial charge in [-0.15, -0.1) is 34.0 Å². The number of hydrogen-bond acceptors (Lipinski definition) is 4. The zero-order chi connectivity index (χ0) is 49.5. The Bertz CT molecular complexity index is 4990. The summed E-state index contributed by atoms with van der Waals surface area (Å²) in [6.45, 7) is 9.69. The fourth-order valence-electron chi connectivity index (χ4n) is 12.2. The average Bonchev–Trinajstić information content (AvgIpc) is 4.29. The largest absolute Gasteiger partial charge is 0.316 e. The smallest absolute Gasteiger partial charge is 0.221 e. The number of thiophene rings is 3. The standard InChI is InChI=1S/C68H36N4S3/c1-70-60-59(41-21-9-4-10-22-41)65(72-63-46(30-33-50-44-24-12-15-27-56(44)74-67(50)63)47-31-34-51-45-25-13-16-28-57(45)75-68(51)64(47)72)58(40-19-7-3-8-20-40)53(38-69)61(60)71-54-36-29-42(39-17-5-2-6-18-39)37-52(54)48-32-35-49-43-23-11-14-26-55(43)73-66(49)62(48)71/h2-37H. The van der Waals surface area contributed by atoms with Crippen molar-refractivity contribution >= 4 is 144 Å². The molecule has 0 unspecified atom stereocenters. The number of nitriles is 1. The van der Waals surface area contributed by atoms with E-state index in [0.29, 0.717) is 16.9 Å². The van der Waals surface area contributed by atoms with E-state index >= 15 is 0 Å². The van der Waals surface area contributed by atoms with Gasteiger partial charge < -0.3 is 9.13 Å². The van der Waals surface area contributed by atoms with Gasteiger partial charge in [0.25, 0.3) is 0 Å². The van der Waals surface area contributed by atoms with Gasteiger partial charge in [0.1, 0.15) is 6.07 Å². The lowest BCUT2D eigenvalue weighted by Gasteiger charge is -2.26. The monoisotopic (exact) mass is 1000 g/mol. The summed E-state index contributed by atoms with van der Waals surface area (Å²) in [7, 11) is 0. The summed E-state index contributed by atoms with van der Waals surface area (Å²) in [6, 6.07) is 80.7. The fraction of sp³-hybridized carbons (Fsp3) is 0. The molecule has 16 rings (SSSR count). The fourth-order valence-corrected chi connectivity index (χ4v) is 15.9. The van der Waals surface area contributed by atoms with Crippen molar-refractivity contribution < 1.29 is 0 Å². The summed E-state index contributed by atoms with van der Waals surface area (Å²) in [5, 5.41) is 23.9. The minimum Gasteiger partial charge on any atom is -0.316 e. The second-order valence-electron chi connectivity index (χ2n) is 19.2. The van der Waals surface area contributed by atoms with Crippen molar-refractivity contribution in [2.45, 2.75) is 0 Å². The highest BCUT2D eigenvalue weighted by Crippen LogP contribution is 2.56. The van der Waals surface area contributed by atoms with Gasteiger partial charge in [-0.3, -0.25) is 0 Å². The first-order valence-corrected chi connectivity index (χ1v) is 27.4. The molecular formula is C68H36N4S3. The molecule has 0 bridgehead atoms. The van der Waals surface area contributed by atoms with Gasteiger partial charge >= 0.3 is 0 Å². The van der Waals surface area contributed by atoms with Gasteiger partial charge in [-0.05, 0) is 52.6 Å². The Hall–Kier alpha value is -9.34. The number of nitrogens with zero attached hydrogens (tertiary/aromatic N) is 4. The van der Waals surface area contributed by atoms with Gasteiger partial charge in [0.05, 0.1) is 59.7 Å². The van der Waals surface area contributed by atoms with Crippen LogP contribution in [0.3, 0.4) is 0 Å². The maximum absolute atomic E-state index is 12.4. The maximum atomic E-state index is 12.4. The quantitative estimate of drug-likeness (QED) is 0.158. The molecule has 346 valence electrons. The molecule has 0 spiro atoms. The van der Waals surface area contributed by atoms with Gasteiger partial charge in [0, 0.05) is 79.1 Å². The molecule has 0 aliphatic heterocycles. The lowest BCUT2D eigenvalue weighted by atomic mass is 9.88. The van der Waals surface area contributed by atoms with Crippen molar-refractivity contribution in [1.29, 1.82) is 5.26 Å². The first kappa shape index (κ1) is 42.2. The molecule has 5 aromatic heterocycles. The second-order valence-corrected chi connectivity index (χ2v) is 22.4. The van der Waals surface area contributed by atoms with Crippen molar-refractivity contribution in [3.05, 3.63) is 235 Å². The van der Waals surface area contributed by atoms with Crippen LogP contribution in [0.4, 0.5) is 5.69 Å². The minimum absolute atomic E-state index is 0.415. The van der Waals surface area contributed by atoms with Gasteiger partial charge in [0.2, 0.25) is 5.69 Å². The highest BCUT2D eigenvalue weighted by Gasteiger charge is 2.33. The molecule has 7 heteroatoms. The van der Waals surface area contributed by atoms with Crippen LogP contribution in [0.2, 0.25) is 0 Å². The predicted octanol–water partition coefficient (Wildman–Crippen LogP) is 20.4. The van der Waals surface area contributed by atoms with E-state index in [1.54, 1.807) is 11.3 Å². The third-order valence-corrected chi connectivity index (χ3v) is 19.0. The first-order valence-electron chi connectivity index (χ1n) is 24.9. The summed E-state index contributed by atoms with van der Waals surface area (Å²) < 4.78 is 11.8. The molecular weight excluding hydrogens is 969 g/mol. The van der Waals surface area contributed by atoms with Crippen molar-refractivity contribution in [2.24, 2.45) is 0 Å². The molecule has 0 amide bonds. The van der Waals surface area contributed by atoms with Gasteiger partial charge in [-0.1, -0.05) is 188 Å². The second kappa shape index (κ2) is 16.1. The van der Waals surface area contributed by atoms with E-state index in [4.69, 9.17) is 4.85 Å². The molecule has 0 aliphatic carbocycles. The molecule has 0 atom stereocenters. The average molecular weight is 1010 g/mol. The molecule has 0 saturated heterocycles. The summed E-state index contributed by atoms with van der Waals surface area (Å²) >= 11 is 5.39. The van der Waals surface area contributed by atoms with Crippen molar-refractivity contribution in [1.82, 2.24) is 9.13 Å².